The smallest absolute Gasteiger partial charge is 0.308 e. The maximum absolute atomic E-state index is 10.7. The van der Waals surface area contributed by atoms with Gasteiger partial charge in [0.05, 0.1) is 0 Å². The number of hydrogen-bond acceptors (Lipinski definition) is 4. The van der Waals surface area contributed by atoms with Gasteiger partial charge in [-0.1, -0.05) is 0 Å². The molecule has 0 aliphatic carbocycles. The lowest BCUT2D eigenvalue weighted by Crippen LogP contribution is -2.03. The lowest BCUT2D eigenvalue weighted by Gasteiger charge is -2.01. The standard InChI is InChI=1S/C9H6INO2S/c1-7(12)13-9-3-2-5-11-8(9)4-6-14-10/h2-3,5H,1H3. The number of carbonyl (C=O) groups is 1. The van der Waals surface area contributed by atoms with Crippen molar-refractivity contribution in [1.82, 2.24) is 4.98 Å². The molecule has 1 heterocycles. The Labute approximate surface area is 98.2 Å². The van der Waals surface area contributed by atoms with Gasteiger partial charge >= 0.3 is 5.97 Å². The van der Waals surface area contributed by atoms with Gasteiger partial charge in [-0.05, 0) is 32.2 Å². The molecule has 0 amide bonds. The third-order valence-electron chi connectivity index (χ3n) is 1.23. The molecule has 0 fully saturated rings. The number of rotatable bonds is 1. The van der Waals surface area contributed by atoms with E-state index in [1.807, 2.05) is 0 Å². The Morgan fingerprint density at radius 1 is 1.71 bits per heavy atom. The molecule has 0 unspecified atom stereocenters. The van der Waals surface area contributed by atoms with Crippen LogP contribution in [0.4, 0.5) is 0 Å². The highest BCUT2D eigenvalue weighted by atomic mass is 127. The minimum Gasteiger partial charge on any atom is -0.424 e. The first-order valence-corrected chi connectivity index (χ1v) is 7.02. The molecule has 1 aromatic rings. The Morgan fingerprint density at radius 2 is 2.50 bits per heavy atom. The third-order valence-corrected chi connectivity index (χ3v) is 2.07. The Kier molecular flexibility index (Phi) is 4.76. The van der Waals surface area contributed by atoms with Crippen molar-refractivity contribution < 1.29 is 9.53 Å². The van der Waals surface area contributed by atoms with Crippen molar-refractivity contribution in [2.45, 2.75) is 6.92 Å². The fourth-order valence-electron chi connectivity index (χ4n) is 0.789. The highest BCUT2D eigenvalue weighted by Gasteiger charge is 2.03. The van der Waals surface area contributed by atoms with Crippen molar-refractivity contribution in [2.24, 2.45) is 0 Å². The number of carbonyl (C=O) groups excluding carboxylic acids is 1. The first-order valence-electron chi connectivity index (χ1n) is 3.66. The van der Waals surface area contributed by atoms with Crippen molar-refractivity contribution >= 4 is 36.1 Å². The van der Waals surface area contributed by atoms with Gasteiger partial charge in [-0.15, -0.1) is 0 Å². The number of hydrogen-bond donors (Lipinski definition) is 0. The molecule has 0 atom stereocenters. The molecule has 3 nitrogen and oxygen atoms in total. The highest BCUT2D eigenvalue weighted by molar-refractivity contribution is 14.2. The molecule has 14 heavy (non-hydrogen) atoms. The molecule has 0 radical (unpaired) electrons. The van der Waals surface area contributed by atoms with Crippen LogP contribution in [0, 0.1) is 11.2 Å². The fourth-order valence-corrected chi connectivity index (χ4v) is 1.25. The predicted molar refractivity (Wildman–Crippen MR) is 64.0 cm³/mol. The van der Waals surface area contributed by atoms with Gasteiger partial charge in [0, 0.05) is 34.3 Å². The zero-order valence-electron chi connectivity index (χ0n) is 7.28. The third kappa shape index (κ3) is 3.55. The van der Waals surface area contributed by atoms with E-state index in [0.29, 0.717) is 11.4 Å². The van der Waals surface area contributed by atoms with Gasteiger partial charge < -0.3 is 4.74 Å². The molecule has 0 spiro atoms. The van der Waals surface area contributed by atoms with Crippen LogP contribution in [0.5, 0.6) is 5.75 Å². The molecule has 1 aromatic heterocycles. The summed E-state index contributed by atoms with van der Waals surface area (Å²) in [5.74, 6) is 2.81. The molecule has 0 aromatic carbocycles. The summed E-state index contributed by atoms with van der Waals surface area (Å²) >= 11 is 2.06. The summed E-state index contributed by atoms with van der Waals surface area (Å²) in [5, 5.41) is 2.78. The average Bonchev–Trinajstić information content (AvgIpc) is 2.16. The maximum Gasteiger partial charge on any atom is 0.308 e. The lowest BCUT2D eigenvalue weighted by molar-refractivity contribution is -0.131. The summed E-state index contributed by atoms with van der Waals surface area (Å²) in [4.78, 5) is 14.7. The summed E-state index contributed by atoms with van der Waals surface area (Å²) in [6, 6.07) is 3.36. The molecule has 0 saturated carbocycles. The van der Waals surface area contributed by atoms with Gasteiger partial charge in [0.2, 0.25) is 0 Å². The van der Waals surface area contributed by atoms with Crippen LogP contribution >= 0.6 is 30.1 Å². The molecular weight excluding hydrogens is 313 g/mol. The van der Waals surface area contributed by atoms with Crippen LogP contribution in [-0.2, 0) is 4.79 Å². The summed E-state index contributed by atoms with van der Waals surface area (Å²) in [6.45, 7) is 1.34. The van der Waals surface area contributed by atoms with Gasteiger partial charge in [-0.3, -0.25) is 4.79 Å². The molecule has 0 aliphatic rings. The van der Waals surface area contributed by atoms with Crippen LogP contribution in [-0.4, -0.2) is 11.0 Å². The van der Waals surface area contributed by atoms with Gasteiger partial charge in [0.1, 0.15) is 0 Å². The fraction of sp³-hybridized carbons (Fsp3) is 0.111. The maximum atomic E-state index is 10.7. The van der Waals surface area contributed by atoms with Crippen LogP contribution < -0.4 is 4.74 Å². The Hall–Kier alpha value is -0.740. The van der Waals surface area contributed by atoms with E-state index in [4.69, 9.17) is 4.74 Å². The van der Waals surface area contributed by atoms with E-state index in [-0.39, 0.29) is 5.97 Å². The number of aromatic nitrogens is 1. The quantitative estimate of drug-likeness (QED) is 0.453. The van der Waals surface area contributed by atoms with E-state index in [2.05, 4.69) is 37.4 Å². The van der Waals surface area contributed by atoms with Crippen LogP contribution in [0.2, 0.25) is 0 Å². The van der Waals surface area contributed by atoms with Crippen molar-refractivity contribution in [2.75, 3.05) is 0 Å². The Bertz CT molecular complexity index is 397. The van der Waals surface area contributed by atoms with Crippen LogP contribution in [0.1, 0.15) is 12.6 Å². The number of esters is 1. The minimum absolute atomic E-state index is 0.372. The number of nitrogens with zero attached hydrogens (tertiary/aromatic N) is 1. The average molecular weight is 319 g/mol. The summed E-state index contributed by atoms with van der Waals surface area (Å²) in [5.41, 5.74) is 0.479. The minimum atomic E-state index is -0.372. The highest BCUT2D eigenvalue weighted by Crippen LogP contribution is 2.15. The Morgan fingerprint density at radius 3 is 3.14 bits per heavy atom. The van der Waals surface area contributed by atoms with Gasteiger partial charge in [0.15, 0.2) is 11.4 Å². The zero-order chi connectivity index (χ0) is 10.4. The first-order chi connectivity index (χ1) is 6.74. The van der Waals surface area contributed by atoms with Gasteiger partial charge in [0.25, 0.3) is 0 Å². The van der Waals surface area contributed by atoms with Crippen molar-refractivity contribution in [1.29, 1.82) is 0 Å². The second-order valence-corrected chi connectivity index (χ2v) is 3.93. The molecule has 0 aliphatic heterocycles. The SMILES string of the molecule is CC(=O)Oc1cccnc1C#CSI. The van der Waals surface area contributed by atoms with Crippen molar-refractivity contribution in [3.05, 3.63) is 24.0 Å². The van der Waals surface area contributed by atoms with Gasteiger partial charge in [-0.2, -0.15) is 0 Å². The largest absolute Gasteiger partial charge is 0.424 e. The number of ether oxygens (including phenoxy) is 1. The monoisotopic (exact) mass is 319 g/mol. The topological polar surface area (TPSA) is 39.2 Å². The number of halogens is 1. The molecule has 0 N–H and O–H groups in total. The summed E-state index contributed by atoms with van der Waals surface area (Å²) in [7, 11) is 1.35. The summed E-state index contributed by atoms with van der Waals surface area (Å²) < 4.78 is 4.93. The van der Waals surface area contributed by atoms with E-state index in [1.54, 1.807) is 18.3 Å². The van der Waals surface area contributed by atoms with E-state index >= 15 is 0 Å². The zero-order valence-corrected chi connectivity index (χ0v) is 10.3. The molecule has 0 saturated heterocycles. The molecular formula is C9H6INO2S. The van der Waals surface area contributed by atoms with Crippen LogP contribution in [0.15, 0.2) is 18.3 Å². The van der Waals surface area contributed by atoms with Crippen molar-refractivity contribution in [3.63, 3.8) is 0 Å². The van der Waals surface area contributed by atoms with E-state index in [1.165, 1.54) is 15.9 Å². The van der Waals surface area contributed by atoms with Gasteiger partial charge in [-0.25, -0.2) is 4.98 Å². The van der Waals surface area contributed by atoms with E-state index in [0.717, 1.165) is 0 Å². The second kappa shape index (κ2) is 5.88. The van der Waals surface area contributed by atoms with Crippen LogP contribution in [0.3, 0.4) is 0 Å². The van der Waals surface area contributed by atoms with Crippen molar-refractivity contribution in [3.8, 4) is 16.9 Å². The molecule has 5 heteroatoms. The molecule has 0 bridgehead atoms. The lowest BCUT2D eigenvalue weighted by atomic mass is 10.3. The summed E-state index contributed by atoms with van der Waals surface area (Å²) in [6.07, 6.45) is 1.61. The first kappa shape index (κ1) is 11.3. The molecule has 72 valence electrons. The Balaban J connectivity index is 2.96. The van der Waals surface area contributed by atoms with E-state index < -0.39 is 0 Å². The predicted octanol–water partition coefficient (Wildman–Crippen LogP) is 2.40. The number of pyridine rings is 1. The second-order valence-electron chi connectivity index (χ2n) is 2.25. The normalized spacial score (nSPS) is 8.71. The van der Waals surface area contributed by atoms with E-state index in [9.17, 15) is 4.79 Å². The molecule has 1 rings (SSSR count). The van der Waals surface area contributed by atoms with Crippen LogP contribution in [0.25, 0.3) is 0 Å².